The van der Waals surface area contributed by atoms with Crippen molar-refractivity contribution in [2.24, 2.45) is 5.92 Å². The van der Waals surface area contributed by atoms with Gasteiger partial charge >= 0.3 is 12.1 Å². The number of carbonyl (C=O) groups is 3. The van der Waals surface area contributed by atoms with Crippen LogP contribution in [0.4, 0.5) is 4.79 Å². The second-order valence-corrected chi connectivity index (χ2v) is 10.4. The van der Waals surface area contributed by atoms with Gasteiger partial charge in [-0.2, -0.15) is 0 Å². The summed E-state index contributed by atoms with van der Waals surface area (Å²) in [4.78, 5) is 37.5. The standard InChI is InChI=1S/C32H36N2O6/c1-20(2)28(17-29(35)34-30(31(36)37)21(3)39-18-22-11-5-4-6-12-22)33-32(38)40-19-27-25-15-9-7-13-23(25)24-14-8-10-16-26(24)27/h4-16,20-21,27-28,30H,17-19H2,1-3H3,(H,33,38)(H,34,35)(H,36,37)/t21-,28-,30+/m0/s1. The molecule has 0 saturated heterocycles. The molecule has 8 nitrogen and oxygen atoms in total. The number of carboxylic acids is 1. The summed E-state index contributed by atoms with van der Waals surface area (Å²) >= 11 is 0. The Balaban J connectivity index is 1.31. The van der Waals surface area contributed by atoms with Gasteiger partial charge in [0.15, 0.2) is 6.04 Å². The highest BCUT2D eigenvalue weighted by molar-refractivity contribution is 5.84. The van der Waals surface area contributed by atoms with E-state index in [9.17, 15) is 19.5 Å². The molecule has 0 radical (unpaired) electrons. The van der Waals surface area contributed by atoms with E-state index in [-0.39, 0.29) is 31.5 Å². The van der Waals surface area contributed by atoms with Crippen molar-refractivity contribution >= 4 is 18.0 Å². The van der Waals surface area contributed by atoms with Crippen LogP contribution in [0, 0.1) is 5.92 Å². The lowest BCUT2D eigenvalue weighted by atomic mass is 9.98. The number of alkyl carbamates (subject to hydrolysis) is 1. The van der Waals surface area contributed by atoms with E-state index in [1.807, 2.05) is 80.6 Å². The van der Waals surface area contributed by atoms with E-state index in [1.165, 1.54) is 0 Å². The molecular formula is C32H36N2O6. The fourth-order valence-electron chi connectivity index (χ4n) is 4.95. The fraction of sp³-hybridized carbons (Fsp3) is 0.344. The van der Waals surface area contributed by atoms with Crippen molar-refractivity contribution in [3.63, 3.8) is 0 Å². The van der Waals surface area contributed by atoms with Gasteiger partial charge in [-0.25, -0.2) is 9.59 Å². The van der Waals surface area contributed by atoms with E-state index >= 15 is 0 Å². The van der Waals surface area contributed by atoms with E-state index in [2.05, 4.69) is 22.8 Å². The first-order valence-electron chi connectivity index (χ1n) is 13.5. The van der Waals surface area contributed by atoms with Crippen molar-refractivity contribution in [2.45, 2.75) is 57.9 Å². The van der Waals surface area contributed by atoms with E-state index in [0.717, 1.165) is 27.8 Å². The highest BCUT2D eigenvalue weighted by Gasteiger charge is 2.31. The van der Waals surface area contributed by atoms with Crippen LogP contribution >= 0.6 is 0 Å². The first kappa shape index (κ1) is 28.8. The van der Waals surface area contributed by atoms with Crippen LogP contribution in [-0.4, -0.2) is 47.9 Å². The number of nitrogens with one attached hydrogen (secondary N) is 2. The lowest BCUT2D eigenvalue weighted by Crippen LogP contribution is -2.51. The van der Waals surface area contributed by atoms with Crippen LogP contribution in [0.25, 0.3) is 11.1 Å². The summed E-state index contributed by atoms with van der Waals surface area (Å²) in [5.74, 6) is -1.87. The lowest BCUT2D eigenvalue weighted by molar-refractivity contribution is -0.146. The summed E-state index contributed by atoms with van der Waals surface area (Å²) < 4.78 is 11.4. The van der Waals surface area contributed by atoms with E-state index in [0.29, 0.717) is 0 Å². The summed E-state index contributed by atoms with van der Waals surface area (Å²) in [5.41, 5.74) is 5.40. The van der Waals surface area contributed by atoms with Crippen LogP contribution in [0.2, 0.25) is 0 Å². The quantitative estimate of drug-likeness (QED) is 0.292. The number of ether oxygens (including phenoxy) is 2. The van der Waals surface area contributed by atoms with E-state index in [1.54, 1.807) is 6.92 Å². The monoisotopic (exact) mass is 544 g/mol. The van der Waals surface area contributed by atoms with Crippen LogP contribution < -0.4 is 10.6 Å². The third-order valence-electron chi connectivity index (χ3n) is 7.26. The molecule has 0 aliphatic heterocycles. The van der Waals surface area contributed by atoms with Crippen molar-refractivity contribution in [3.8, 4) is 11.1 Å². The van der Waals surface area contributed by atoms with Crippen molar-refractivity contribution in [1.82, 2.24) is 10.6 Å². The number of hydrogen-bond donors (Lipinski definition) is 3. The summed E-state index contributed by atoms with van der Waals surface area (Å²) in [6, 6.07) is 23.8. The minimum absolute atomic E-state index is 0.0763. The Labute approximate surface area is 234 Å². The zero-order valence-electron chi connectivity index (χ0n) is 23.0. The van der Waals surface area contributed by atoms with E-state index in [4.69, 9.17) is 9.47 Å². The Morgan fingerprint density at radius 3 is 1.98 bits per heavy atom. The molecule has 3 atom stereocenters. The van der Waals surface area contributed by atoms with Gasteiger partial charge in [-0.3, -0.25) is 4.79 Å². The average Bonchev–Trinajstić information content (AvgIpc) is 3.27. The van der Waals surface area contributed by atoms with Crippen molar-refractivity contribution in [3.05, 3.63) is 95.6 Å². The summed E-state index contributed by atoms with van der Waals surface area (Å²) in [5, 5.41) is 15.1. The molecule has 0 unspecified atom stereocenters. The highest BCUT2D eigenvalue weighted by atomic mass is 16.5. The number of carbonyl (C=O) groups excluding carboxylic acids is 2. The molecule has 3 aromatic carbocycles. The van der Waals surface area contributed by atoms with Crippen LogP contribution in [0.1, 0.15) is 49.8 Å². The normalized spacial score (nSPS) is 14.5. The van der Waals surface area contributed by atoms with Gasteiger partial charge in [-0.05, 0) is 40.7 Å². The van der Waals surface area contributed by atoms with Gasteiger partial charge in [0.05, 0.1) is 12.7 Å². The first-order chi connectivity index (χ1) is 19.2. The number of amides is 2. The molecule has 210 valence electrons. The number of carboxylic acid groups (broad SMARTS) is 1. The Morgan fingerprint density at radius 2 is 1.40 bits per heavy atom. The van der Waals surface area contributed by atoms with Crippen molar-refractivity contribution < 1.29 is 29.0 Å². The Morgan fingerprint density at radius 1 is 0.825 bits per heavy atom. The molecule has 3 aromatic rings. The van der Waals surface area contributed by atoms with Gasteiger partial charge < -0.3 is 25.2 Å². The summed E-state index contributed by atoms with van der Waals surface area (Å²) in [6.45, 7) is 5.74. The topological polar surface area (TPSA) is 114 Å². The highest BCUT2D eigenvalue weighted by Crippen LogP contribution is 2.44. The molecule has 2 amide bonds. The predicted molar refractivity (Wildman–Crippen MR) is 152 cm³/mol. The molecular weight excluding hydrogens is 508 g/mol. The molecule has 1 aliphatic rings. The van der Waals surface area contributed by atoms with Crippen LogP contribution in [-0.2, 0) is 25.7 Å². The number of aliphatic carboxylic acids is 1. The third kappa shape index (κ3) is 7.07. The second-order valence-electron chi connectivity index (χ2n) is 10.4. The Hall–Kier alpha value is -4.17. The van der Waals surface area contributed by atoms with Crippen molar-refractivity contribution in [1.29, 1.82) is 0 Å². The van der Waals surface area contributed by atoms with Gasteiger partial charge in [-0.1, -0.05) is 92.7 Å². The number of fused-ring (bicyclic) bond motifs is 3. The maximum Gasteiger partial charge on any atom is 0.407 e. The second kappa shape index (κ2) is 13.3. The van der Waals surface area contributed by atoms with Crippen LogP contribution in [0.5, 0.6) is 0 Å². The number of benzene rings is 3. The van der Waals surface area contributed by atoms with Crippen molar-refractivity contribution in [2.75, 3.05) is 6.61 Å². The molecule has 0 saturated carbocycles. The van der Waals surface area contributed by atoms with Gasteiger partial charge in [0.1, 0.15) is 6.61 Å². The summed E-state index contributed by atoms with van der Waals surface area (Å²) in [6.07, 6.45) is -1.49. The summed E-state index contributed by atoms with van der Waals surface area (Å²) in [7, 11) is 0. The smallest absolute Gasteiger partial charge is 0.407 e. The molecule has 4 rings (SSSR count). The molecule has 0 aromatic heterocycles. The fourth-order valence-corrected chi connectivity index (χ4v) is 4.95. The average molecular weight is 545 g/mol. The van der Waals surface area contributed by atoms with Crippen LogP contribution in [0.15, 0.2) is 78.9 Å². The third-order valence-corrected chi connectivity index (χ3v) is 7.26. The molecule has 0 fully saturated rings. The molecule has 1 aliphatic carbocycles. The Kier molecular flexibility index (Phi) is 9.56. The number of hydrogen-bond acceptors (Lipinski definition) is 5. The van der Waals surface area contributed by atoms with Gasteiger partial charge in [0.25, 0.3) is 0 Å². The molecule has 8 heteroatoms. The Bertz CT molecular complexity index is 1280. The van der Waals surface area contributed by atoms with Crippen LogP contribution in [0.3, 0.4) is 0 Å². The largest absolute Gasteiger partial charge is 0.480 e. The zero-order valence-corrected chi connectivity index (χ0v) is 23.0. The maximum atomic E-state index is 12.9. The minimum Gasteiger partial charge on any atom is -0.480 e. The maximum absolute atomic E-state index is 12.9. The minimum atomic E-state index is -1.24. The van der Waals surface area contributed by atoms with Gasteiger partial charge in [0, 0.05) is 18.4 Å². The zero-order chi connectivity index (χ0) is 28.6. The van der Waals surface area contributed by atoms with Gasteiger partial charge in [0.2, 0.25) is 5.91 Å². The molecule has 0 spiro atoms. The molecule has 0 bridgehead atoms. The number of rotatable bonds is 12. The SMILES string of the molecule is CC(C)[C@H](CC(=O)N[C@@H](C(=O)O)[C@H](C)OCc1ccccc1)NC(=O)OCC1c2ccccc2-c2ccccc21. The first-order valence-corrected chi connectivity index (χ1v) is 13.5. The molecule has 0 heterocycles. The molecule has 40 heavy (non-hydrogen) atoms. The molecule has 3 N–H and O–H groups in total. The van der Waals surface area contributed by atoms with E-state index < -0.39 is 36.2 Å². The lowest BCUT2D eigenvalue weighted by Gasteiger charge is -2.25. The predicted octanol–water partition coefficient (Wildman–Crippen LogP) is 5.11. The van der Waals surface area contributed by atoms with Gasteiger partial charge in [-0.15, -0.1) is 0 Å².